The van der Waals surface area contributed by atoms with Gasteiger partial charge in [-0.3, -0.25) is 4.79 Å². The molecule has 1 aromatic heterocycles. The molecule has 0 spiro atoms. The number of nitrogens with zero attached hydrogens (tertiary/aromatic N) is 3. The van der Waals surface area contributed by atoms with Gasteiger partial charge in [0.2, 0.25) is 20.9 Å². The molecule has 190 valence electrons. The van der Waals surface area contributed by atoms with Crippen molar-refractivity contribution < 1.29 is 17.6 Å². The first-order valence-corrected chi connectivity index (χ1v) is 13.5. The van der Waals surface area contributed by atoms with Crippen molar-refractivity contribution in [3.63, 3.8) is 0 Å². The molecule has 0 saturated heterocycles. The third-order valence-corrected chi connectivity index (χ3v) is 7.49. The number of amides is 1. The number of halogens is 1. The van der Waals surface area contributed by atoms with E-state index in [1.165, 1.54) is 24.4 Å². The normalized spacial score (nSPS) is 11.3. The molecule has 0 N–H and O–H groups in total. The Morgan fingerprint density at radius 1 is 0.946 bits per heavy atom. The predicted octanol–water partition coefficient (Wildman–Crippen LogP) is 4.80. The van der Waals surface area contributed by atoms with E-state index in [1.807, 2.05) is 60.7 Å². The number of hydrogen-bond donors (Lipinski definition) is 0. The highest BCUT2D eigenvalue weighted by atomic mass is 32.2. The van der Waals surface area contributed by atoms with Crippen molar-refractivity contribution in [3.05, 3.63) is 132 Å². The van der Waals surface area contributed by atoms with Gasteiger partial charge in [-0.1, -0.05) is 84.9 Å². The Morgan fingerprint density at radius 2 is 1.57 bits per heavy atom. The Balaban J connectivity index is 1.68. The van der Waals surface area contributed by atoms with Gasteiger partial charge in [0.25, 0.3) is 0 Å². The smallest absolute Gasteiger partial charge is 0.228 e. The first-order chi connectivity index (χ1) is 17.9. The summed E-state index contributed by atoms with van der Waals surface area (Å²) >= 11 is 0. The fourth-order valence-electron chi connectivity index (χ4n) is 4.07. The van der Waals surface area contributed by atoms with E-state index >= 15 is 0 Å². The zero-order valence-corrected chi connectivity index (χ0v) is 21.1. The van der Waals surface area contributed by atoms with Crippen LogP contribution in [0.1, 0.15) is 22.4 Å². The summed E-state index contributed by atoms with van der Waals surface area (Å²) in [7, 11) is -3.99. The highest BCUT2D eigenvalue weighted by molar-refractivity contribution is 7.90. The van der Waals surface area contributed by atoms with E-state index in [2.05, 4.69) is 11.6 Å². The van der Waals surface area contributed by atoms with Crippen LogP contribution in [-0.4, -0.2) is 35.3 Å². The maximum atomic E-state index is 14.3. The summed E-state index contributed by atoms with van der Waals surface area (Å²) < 4.78 is 42.7. The van der Waals surface area contributed by atoms with Gasteiger partial charge < -0.3 is 9.47 Å². The van der Waals surface area contributed by atoms with E-state index in [0.717, 1.165) is 11.1 Å². The van der Waals surface area contributed by atoms with Gasteiger partial charge in [0.1, 0.15) is 5.82 Å². The summed E-state index contributed by atoms with van der Waals surface area (Å²) in [4.78, 5) is 19.0. The number of rotatable bonds is 11. The summed E-state index contributed by atoms with van der Waals surface area (Å²) in [5.74, 6) is -1.22. The Labute approximate surface area is 216 Å². The molecule has 4 rings (SSSR count). The lowest BCUT2D eigenvalue weighted by Crippen LogP contribution is -2.33. The van der Waals surface area contributed by atoms with Crippen molar-refractivity contribution in [3.8, 4) is 0 Å². The Morgan fingerprint density at radius 3 is 2.22 bits per heavy atom. The van der Waals surface area contributed by atoms with E-state index < -0.39 is 21.4 Å². The number of imidazole rings is 1. The van der Waals surface area contributed by atoms with E-state index in [1.54, 1.807) is 21.6 Å². The SMILES string of the molecule is C=CCN(Cc1cnc(S(=O)(=O)Cc2ccccc2F)n1Cc1ccccc1)C(=O)Cc1ccccc1. The molecule has 0 aliphatic heterocycles. The number of carbonyl (C=O) groups excluding carboxylic acids is 1. The molecule has 0 aliphatic rings. The third kappa shape index (κ3) is 6.59. The first kappa shape index (κ1) is 26.0. The lowest BCUT2D eigenvalue weighted by Gasteiger charge is -2.22. The van der Waals surface area contributed by atoms with Gasteiger partial charge in [0.15, 0.2) is 0 Å². The van der Waals surface area contributed by atoms with Crippen molar-refractivity contribution in [1.29, 1.82) is 0 Å². The quantitative estimate of drug-likeness (QED) is 0.268. The number of hydrogen-bond acceptors (Lipinski definition) is 4. The summed E-state index contributed by atoms with van der Waals surface area (Å²) in [6.45, 7) is 4.44. The molecule has 3 aromatic carbocycles. The van der Waals surface area contributed by atoms with Crippen LogP contribution in [0.4, 0.5) is 4.39 Å². The first-order valence-electron chi connectivity index (χ1n) is 11.8. The minimum Gasteiger partial charge on any atom is -0.333 e. The van der Waals surface area contributed by atoms with Crippen LogP contribution in [0.15, 0.2) is 109 Å². The summed E-state index contributed by atoms with van der Waals surface area (Å²) in [5, 5.41) is -0.163. The monoisotopic (exact) mass is 517 g/mol. The van der Waals surface area contributed by atoms with E-state index in [9.17, 15) is 17.6 Å². The third-order valence-electron chi connectivity index (χ3n) is 5.92. The molecular formula is C29H28FN3O3S. The van der Waals surface area contributed by atoms with Crippen LogP contribution in [-0.2, 0) is 39.9 Å². The molecule has 1 amide bonds. The van der Waals surface area contributed by atoms with Crippen molar-refractivity contribution in [2.24, 2.45) is 0 Å². The molecule has 0 fully saturated rings. The van der Waals surface area contributed by atoms with Crippen LogP contribution < -0.4 is 0 Å². The highest BCUT2D eigenvalue weighted by Crippen LogP contribution is 2.22. The second kappa shape index (κ2) is 11.8. The van der Waals surface area contributed by atoms with Gasteiger partial charge in [-0.05, 0) is 17.2 Å². The van der Waals surface area contributed by atoms with Crippen LogP contribution >= 0.6 is 0 Å². The van der Waals surface area contributed by atoms with E-state index in [0.29, 0.717) is 12.2 Å². The topological polar surface area (TPSA) is 72.3 Å². The van der Waals surface area contributed by atoms with E-state index in [4.69, 9.17) is 0 Å². The molecule has 0 bridgehead atoms. The number of sulfone groups is 1. The molecular weight excluding hydrogens is 489 g/mol. The van der Waals surface area contributed by atoms with Gasteiger partial charge in [-0.25, -0.2) is 17.8 Å². The number of benzene rings is 3. The van der Waals surface area contributed by atoms with Gasteiger partial charge >= 0.3 is 0 Å². The Hall–Kier alpha value is -4.04. The van der Waals surface area contributed by atoms with Crippen molar-refractivity contribution >= 4 is 15.7 Å². The molecule has 4 aromatic rings. The molecule has 37 heavy (non-hydrogen) atoms. The zero-order valence-electron chi connectivity index (χ0n) is 20.3. The zero-order chi connectivity index (χ0) is 26.3. The lowest BCUT2D eigenvalue weighted by molar-refractivity contribution is -0.130. The molecule has 1 heterocycles. The van der Waals surface area contributed by atoms with Gasteiger partial charge in [0.05, 0.1) is 37.2 Å². The van der Waals surface area contributed by atoms with Crippen LogP contribution in [0.5, 0.6) is 0 Å². The predicted molar refractivity (Wildman–Crippen MR) is 141 cm³/mol. The highest BCUT2D eigenvalue weighted by Gasteiger charge is 2.26. The summed E-state index contributed by atoms with van der Waals surface area (Å²) in [5.41, 5.74) is 2.38. The van der Waals surface area contributed by atoms with Crippen molar-refractivity contribution in [2.45, 2.75) is 30.4 Å². The summed E-state index contributed by atoms with van der Waals surface area (Å²) in [6.07, 6.45) is 3.32. The lowest BCUT2D eigenvalue weighted by atomic mass is 10.1. The van der Waals surface area contributed by atoms with Crippen LogP contribution in [0.3, 0.4) is 0 Å². The fraction of sp³-hybridized carbons (Fsp3) is 0.172. The Kier molecular flexibility index (Phi) is 8.30. The van der Waals surface area contributed by atoms with Crippen molar-refractivity contribution in [1.82, 2.24) is 14.5 Å². The molecule has 0 atom stereocenters. The second-order valence-electron chi connectivity index (χ2n) is 8.68. The van der Waals surface area contributed by atoms with Crippen LogP contribution in [0.2, 0.25) is 0 Å². The molecule has 0 saturated carbocycles. The van der Waals surface area contributed by atoms with Gasteiger partial charge in [-0.2, -0.15) is 0 Å². The standard InChI is InChI=1S/C29H28FN3O3S/c1-2-17-32(28(34)18-23-11-5-3-6-12-23)21-26-19-31-29(33(26)20-24-13-7-4-8-14-24)37(35,36)22-25-15-9-10-16-27(25)30/h2-16,19H,1,17-18,20-22H2. The largest absolute Gasteiger partial charge is 0.333 e. The number of aromatic nitrogens is 2. The second-order valence-corrected chi connectivity index (χ2v) is 10.6. The molecule has 0 radical (unpaired) electrons. The molecule has 6 nitrogen and oxygen atoms in total. The fourth-order valence-corrected chi connectivity index (χ4v) is 5.58. The van der Waals surface area contributed by atoms with E-state index in [-0.39, 0.29) is 36.1 Å². The number of carbonyl (C=O) groups is 1. The Bertz CT molecular complexity index is 1470. The molecule has 0 aliphatic carbocycles. The minimum absolute atomic E-state index is 0.0737. The summed E-state index contributed by atoms with van der Waals surface area (Å²) in [6, 6.07) is 24.6. The maximum absolute atomic E-state index is 14.3. The average Bonchev–Trinajstić information content (AvgIpc) is 3.29. The molecule has 0 unspecified atom stereocenters. The van der Waals surface area contributed by atoms with Crippen LogP contribution in [0.25, 0.3) is 0 Å². The molecule has 8 heteroatoms. The van der Waals surface area contributed by atoms with Gasteiger partial charge in [-0.15, -0.1) is 6.58 Å². The average molecular weight is 518 g/mol. The van der Waals surface area contributed by atoms with Gasteiger partial charge in [0, 0.05) is 12.1 Å². The van der Waals surface area contributed by atoms with Crippen LogP contribution in [0, 0.1) is 5.82 Å². The van der Waals surface area contributed by atoms with Crippen molar-refractivity contribution in [2.75, 3.05) is 6.54 Å². The minimum atomic E-state index is -3.99. The maximum Gasteiger partial charge on any atom is 0.228 e.